The molecule has 1 saturated carbocycles. The molecule has 1 fully saturated rings. The summed E-state index contributed by atoms with van der Waals surface area (Å²) >= 11 is 5.91. The Kier molecular flexibility index (Phi) is 3.27. The fraction of sp³-hybridized carbons (Fsp3) is 0.667. The highest BCUT2D eigenvalue weighted by atomic mass is 35.5. The number of aryl methyl sites for hydroxylation is 1. The molecule has 4 nitrogen and oxygen atoms in total. The lowest BCUT2D eigenvalue weighted by atomic mass is 9.64. The average molecular weight is 256 g/mol. The van der Waals surface area contributed by atoms with Gasteiger partial charge in [-0.25, -0.2) is 9.97 Å². The third-order valence-corrected chi connectivity index (χ3v) is 3.78. The number of rotatable bonds is 3. The number of hydrogen-bond acceptors (Lipinski definition) is 4. The second-order valence-electron chi connectivity index (χ2n) is 5.10. The standard InChI is InChI=1S/C12H18ClN3O/c1-7-14-10(13)6-11(15-7)16-8-5-9(17-4)12(8,2)3/h6,8-9H,5H2,1-4H3,(H,14,15,16). The van der Waals surface area contributed by atoms with Gasteiger partial charge < -0.3 is 10.1 Å². The molecular formula is C12H18ClN3O. The lowest BCUT2D eigenvalue weighted by molar-refractivity contribution is -0.0795. The van der Waals surface area contributed by atoms with Crippen LogP contribution in [0.1, 0.15) is 26.1 Å². The smallest absolute Gasteiger partial charge is 0.134 e. The van der Waals surface area contributed by atoms with Crippen molar-refractivity contribution in [2.24, 2.45) is 5.41 Å². The van der Waals surface area contributed by atoms with Gasteiger partial charge in [-0.15, -0.1) is 0 Å². The van der Waals surface area contributed by atoms with Crippen LogP contribution in [-0.4, -0.2) is 29.2 Å². The van der Waals surface area contributed by atoms with Crippen LogP contribution >= 0.6 is 11.6 Å². The van der Waals surface area contributed by atoms with Crippen molar-refractivity contribution >= 4 is 17.4 Å². The van der Waals surface area contributed by atoms with Crippen LogP contribution in [-0.2, 0) is 4.74 Å². The Morgan fingerprint density at radius 3 is 2.71 bits per heavy atom. The predicted octanol–water partition coefficient (Wildman–Crippen LogP) is 2.66. The van der Waals surface area contributed by atoms with Crippen LogP contribution in [0, 0.1) is 12.3 Å². The summed E-state index contributed by atoms with van der Waals surface area (Å²) in [5.41, 5.74) is 0.111. The summed E-state index contributed by atoms with van der Waals surface area (Å²) in [5, 5.41) is 3.87. The van der Waals surface area contributed by atoms with Crippen LogP contribution in [0.15, 0.2) is 6.07 Å². The molecule has 1 aromatic heterocycles. The van der Waals surface area contributed by atoms with Crippen molar-refractivity contribution in [2.75, 3.05) is 12.4 Å². The molecule has 1 aliphatic carbocycles. The molecule has 1 N–H and O–H groups in total. The molecule has 0 radical (unpaired) electrons. The first-order valence-corrected chi connectivity index (χ1v) is 6.12. The van der Waals surface area contributed by atoms with E-state index in [9.17, 15) is 0 Å². The summed E-state index contributed by atoms with van der Waals surface area (Å²) in [4.78, 5) is 8.37. The van der Waals surface area contributed by atoms with E-state index in [1.54, 1.807) is 13.2 Å². The van der Waals surface area contributed by atoms with Gasteiger partial charge >= 0.3 is 0 Å². The quantitative estimate of drug-likeness (QED) is 0.844. The summed E-state index contributed by atoms with van der Waals surface area (Å²) in [6.07, 6.45) is 1.29. The van der Waals surface area contributed by atoms with E-state index in [2.05, 4.69) is 29.1 Å². The van der Waals surface area contributed by atoms with E-state index < -0.39 is 0 Å². The van der Waals surface area contributed by atoms with Crippen LogP contribution in [0.25, 0.3) is 0 Å². The fourth-order valence-corrected chi connectivity index (χ4v) is 2.54. The van der Waals surface area contributed by atoms with Gasteiger partial charge in [-0.3, -0.25) is 0 Å². The van der Waals surface area contributed by atoms with Crippen molar-refractivity contribution < 1.29 is 4.74 Å². The van der Waals surface area contributed by atoms with Crippen LogP contribution < -0.4 is 5.32 Å². The van der Waals surface area contributed by atoms with Crippen LogP contribution in [0.3, 0.4) is 0 Å². The highest BCUT2D eigenvalue weighted by Crippen LogP contribution is 2.43. The van der Waals surface area contributed by atoms with Gasteiger partial charge in [0.1, 0.15) is 16.8 Å². The van der Waals surface area contributed by atoms with Crippen LogP contribution in [0.4, 0.5) is 5.82 Å². The fourth-order valence-electron chi connectivity index (χ4n) is 2.31. The number of aromatic nitrogens is 2. The predicted molar refractivity (Wildman–Crippen MR) is 68.4 cm³/mol. The third kappa shape index (κ3) is 2.38. The molecule has 0 amide bonds. The first-order chi connectivity index (χ1) is 7.93. The van der Waals surface area contributed by atoms with E-state index in [0.717, 1.165) is 12.2 Å². The Bertz CT molecular complexity index is 402. The minimum atomic E-state index is 0.111. The third-order valence-electron chi connectivity index (χ3n) is 3.59. The zero-order chi connectivity index (χ0) is 12.6. The Labute approximate surface area is 107 Å². The second kappa shape index (κ2) is 4.42. The van der Waals surface area contributed by atoms with E-state index in [-0.39, 0.29) is 5.41 Å². The molecule has 1 heterocycles. The molecule has 2 atom stereocenters. The Morgan fingerprint density at radius 2 is 2.18 bits per heavy atom. The van der Waals surface area contributed by atoms with Crippen molar-refractivity contribution in [3.8, 4) is 0 Å². The van der Waals surface area contributed by atoms with Gasteiger partial charge in [-0.1, -0.05) is 25.4 Å². The molecule has 0 saturated heterocycles. The van der Waals surface area contributed by atoms with Crippen molar-refractivity contribution in [1.29, 1.82) is 0 Å². The first-order valence-electron chi connectivity index (χ1n) is 5.74. The van der Waals surface area contributed by atoms with Gasteiger partial charge in [0, 0.05) is 24.6 Å². The molecule has 2 unspecified atom stereocenters. The van der Waals surface area contributed by atoms with Crippen LogP contribution in [0.2, 0.25) is 5.15 Å². The van der Waals surface area contributed by atoms with Gasteiger partial charge in [0.2, 0.25) is 0 Å². The number of nitrogens with one attached hydrogen (secondary N) is 1. The monoisotopic (exact) mass is 255 g/mol. The zero-order valence-corrected chi connectivity index (χ0v) is 11.4. The van der Waals surface area contributed by atoms with E-state index in [1.165, 1.54) is 0 Å². The molecule has 0 aromatic carbocycles. The molecule has 1 aliphatic rings. The van der Waals surface area contributed by atoms with E-state index >= 15 is 0 Å². The molecule has 17 heavy (non-hydrogen) atoms. The number of hydrogen-bond donors (Lipinski definition) is 1. The maximum absolute atomic E-state index is 5.91. The van der Waals surface area contributed by atoms with Crippen LogP contribution in [0.5, 0.6) is 0 Å². The molecule has 2 rings (SSSR count). The second-order valence-corrected chi connectivity index (χ2v) is 5.49. The minimum Gasteiger partial charge on any atom is -0.381 e. The lowest BCUT2D eigenvalue weighted by Crippen LogP contribution is -2.57. The SMILES string of the molecule is COC1CC(Nc2cc(Cl)nc(C)n2)C1(C)C. The number of anilines is 1. The summed E-state index contributed by atoms with van der Waals surface area (Å²) in [7, 11) is 1.76. The summed E-state index contributed by atoms with van der Waals surface area (Å²) in [6, 6.07) is 2.11. The van der Waals surface area contributed by atoms with Gasteiger partial charge in [-0.05, 0) is 13.3 Å². The highest BCUT2D eigenvalue weighted by molar-refractivity contribution is 6.29. The number of halogens is 1. The first kappa shape index (κ1) is 12.6. The van der Waals surface area contributed by atoms with Gasteiger partial charge in [0.05, 0.1) is 6.10 Å². The van der Waals surface area contributed by atoms with Gasteiger partial charge in [0.15, 0.2) is 0 Å². The maximum atomic E-state index is 5.91. The molecule has 94 valence electrons. The van der Waals surface area contributed by atoms with Gasteiger partial charge in [-0.2, -0.15) is 0 Å². The van der Waals surface area contributed by atoms with Crippen molar-refractivity contribution in [1.82, 2.24) is 9.97 Å². The van der Waals surface area contributed by atoms with E-state index in [0.29, 0.717) is 23.1 Å². The number of ether oxygens (including phenoxy) is 1. The molecule has 0 spiro atoms. The normalized spacial score (nSPS) is 26.4. The van der Waals surface area contributed by atoms with Crippen molar-refractivity contribution in [2.45, 2.75) is 39.3 Å². The summed E-state index contributed by atoms with van der Waals surface area (Å²) in [5.74, 6) is 1.47. The van der Waals surface area contributed by atoms with Crippen molar-refractivity contribution in [3.05, 3.63) is 17.0 Å². The lowest BCUT2D eigenvalue weighted by Gasteiger charge is -2.51. The zero-order valence-electron chi connectivity index (χ0n) is 10.6. The highest BCUT2D eigenvalue weighted by Gasteiger charge is 2.48. The molecule has 0 aliphatic heterocycles. The van der Waals surface area contributed by atoms with E-state index in [1.807, 2.05) is 6.92 Å². The molecule has 0 bridgehead atoms. The van der Waals surface area contributed by atoms with Crippen molar-refractivity contribution in [3.63, 3.8) is 0 Å². The molecule has 1 aromatic rings. The number of nitrogens with zero attached hydrogens (tertiary/aromatic N) is 2. The van der Waals surface area contributed by atoms with E-state index in [4.69, 9.17) is 16.3 Å². The summed E-state index contributed by atoms with van der Waals surface area (Å²) in [6.45, 7) is 6.22. The number of methoxy groups -OCH3 is 1. The summed E-state index contributed by atoms with van der Waals surface area (Å²) < 4.78 is 5.42. The average Bonchev–Trinajstić information content (AvgIpc) is 2.22. The topological polar surface area (TPSA) is 47.0 Å². The largest absolute Gasteiger partial charge is 0.381 e. The van der Waals surface area contributed by atoms with Gasteiger partial charge in [0.25, 0.3) is 0 Å². The minimum absolute atomic E-state index is 0.111. The Hall–Kier alpha value is -0.870. The molecular weight excluding hydrogens is 238 g/mol. The maximum Gasteiger partial charge on any atom is 0.134 e. The Morgan fingerprint density at radius 1 is 1.47 bits per heavy atom. The Balaban J connectivity index is 2.08. The molecule has 5 heteroatoms.